The van der Waals surface area contributed by atoms with Crippen LogP contribution in [0.4, 0.5) is 5.69 Å². The molecule has 0 fully saturated rings. The Morgan fingerprint density at radius 2 is 2.06 bits per heavy atom. The first-order valence-electron chi connectivity index (χ1n) is 6.75. The summed E-state index contributed by atoms with van der Waals surface area (Å²) >= 11 is 6.14. The summed E-state index contributed by atoms with van der Waals surface area (Å²) in [4.78, 5) is 0. The van der Waals surface area contributed by atoms with Gasteiger partial charge in [0.25, 0.3) is 0 Å². The summed E-state index contributed by atoms with van der Waals surface area (Å²) in [5.41, 5.74) is 8.01. The number of aryl methyl sites for hydroxylation is 1. The van der Waals surface area contributed by atoms with Gasteiger partial charge in [-0.05, 0) is 38.0 Å². The van der Waals surface area contributed by atoms with E-state index >= 15 is 0 Å². The standard InChI is InChI=1S/C15H25ClN2/c1-4-5-6-9-15(3,11-17)18-13-8-7-12(2)14(16)10-13/h7-8,10,18H,4-6,9,11,17H2,1-3H3. The average molecular weight is 269 g/mol. The second kappa shape index (κ2) is 7.01. The van der Waals surface area contributed by atoms with Crippen molar-refractivity contribution in [2.24, 2.45) is 5.73 Å². The molecule has 0 aromatic heterocycles. The number of halogens is 1. The molecule has 18 heavy (non-hydrogen) atoms. The van der Waals surface area contributed by atoms with Gasteiger partial charge in [-0.2, -0.15) is 0 Å². The molecule has 1 aromatic rings. The summed E-state index contributed by atoms with van der Waals surface area (Å²) in [6.45, 7) is 7.03. The summed E-state index contributed by atoms with van der Waals surface area (Å²) in [5.74, 6) is 0. The molecule has 1 atom stereocenters. The van der Waals surface area contributed by atoms with Crippen LogP contribution < -0.4 is 11.1 Å². The zero-order valence-electron chi connectivity index (χ0n) is 11.7. The molecule has 102 valence electrons. The largest absolute Gasteiger partial charge is 0.379 e. The van der Waals surface area contributed by atoms with E-state index in [9.17, 15) is 0 Å². The quantitative estimate of drug-likeness (QED) is 0.721. The van der Waals surface area contributed by atoms with Crippen LogP contribution in [0.3, 0.4) is 0 Å². The lowest BCUT2D eigenvalue weighted by molar-refractivity contribution is 0.455. The van der Waals surface area contributed by atoms with Gasteiger partial charge in [0.1, 0.15) is 0 Å². The van der Waals surface area contributed by atoms with Crippen molar-refractivity contribution >= 4 is 17.3 Å². The van der Waals surface area contributed by atoms with Gasteiger partial charge in [0.15, 0.2) is 0 Å². The smallest absolute Gasteiger partial charge is 0.0467 e. The molecule has 1 rings (SSSR count). The zero-order valence-corrected chi connectivity index (χ0v) is 12.5. The monoisotopic (exact) mass is 268 g/mol. The van der Waals surface area contributed by atoms with E-state index in [1.165, 1.54) is 19.3 Å². The van der Waals surface area contributed by atoms with Gasteiger partial charge < -0.3 is 11.1 Å². The van der Waals surface area contributed by atoms with E-state index in [1.807, 2.05) is 19.1 Å². The number of benzene rings is 1. The molecule has 2 nitrogen and oxygen atoms in total. The highest BCUT2D eigenvalue weighted by molar-refractivity contribution is 6.31. The number of unbranched alkanes of at least 4 members (excludes halogenated alkanes) is 2. The van der Waals surface area contributed by atoms with Crippen LogP contribution in [0.2, 0.25) is 5.02 Å². The maximum atomic E-state index is 6.14. The van der Waals surface area contributed by atoms with Gasteiger partial charge in [0.2, 0.25) is 0 Å². The van der Waals surface area contributed by atoms with Crippen LogP contribution in [0, 0.1) is 6.92 Å². The Hall–Kier alpha value is -0.730. The van der Waals surface area contributed by atoms with Crippen molar-refractivity contribution < 1.29 is 0 Å². The van der Waals surface area contributed by atoms with E-state index in [0.717, 1.165) is 22.7 Å². The van der Waals surface area contributed by atoms with Crippen molar-refractivity contribution in [3.8, 4) is 0 Å². The van der Waals surface area contributed by atoms with Gasteiger partial charge >= 0.3 is 0 Å². The predicted octanol–water partition coefficient (Wildman–Crippen LogP) is 4.36. The summed E-state index contributed by atoms with van der Waals surface area (Å²) < 4.78 is 0. The minimum atomic E-state index is -0.0479. The molecule has 0 aliphatic carbocycles. The van der Waals surface area contributed by atoms with Crippen molar-refractivity contribution in [3.05, 3.63) is 28.8 Å². The molecule has 0 aliphatic rings. The number of anilines is 1. The average Bonchev–Trinajstić information content (AvgIpc) is 2.34. The van der Waals surface area contributed by atoms with E-state index in [1.54, 1.807) is 0 Å². The van der Waals surface area contributed by atoms with Crippen molar-refractivity contribution in [3.63, 3.8) is 0 Å². The molecule has 0 amide bonds. The highest BCUT2D eigenvalue weighted by Crippen LogP contribution is 2.24. The Kier molecular flexibility index (Phi) is 5.97. The first-order chi connectivity index (χ1) is 8.50. The van der Waals surface area contributed by atoms with Crippen LogP contribution in [0.15, 0.2) is 18.2 Å². The third-order valence-electron chi connectivity index (χ3n) is 3.40. The van der Waals surface area contributed by atoms with Crippen LogP contribution in [0.5, 0.6) is 0 Å². The van der Waals surface area contributed by atoms with Crippen LogP contribution in [0.25, 0.3) is 0 Å². The molecule has 0 heterocycles. The van der Waals surface area contributed by atoms with Crippen molar-refractivity contribution in [2.75, 3.05) is 11.9 Å². The van der Waals surface area contributed by atoms with E-state index in [2.05, 4.69) is 25.2 Å². The molecule has 0 saturated heterocycles. The number of nitrogens with two attached hydrogens (primary N) is 1. The molecule has 0 spiro atoms. The van der Waals surface area contributed by atoms with E-state index in [0.29, 0.717) is 6.54 Å². The van der Waals surface area contributed by atoms with Gasteiger partial charge in [-0.25, -0.2) is 0 Å². The first-order valence-corrected chi connectivity index (χ1v) is 7.13. The van der Waals surface area contributed by atoms with Crippen molar-refractivity contribution in [1.29, 1.82) is 0 Å². The molecule has 1 aromatic carbocycles. The minimum Gasteiger partial charge on any atom is -0.379 e. The number of hydrogen-bond acceptors (Lipinski definition) is 2. The zero-order chi connectivity index (χ0) is 13.6. The normalized spacial score (nSPS) is 14.3. The second-order valence-electron chi connectivity index (χ2n) is 5.31. The second-order valence-corrected chi connectivity index (χ2v) is 5.72. The topological polar surface area (TPSA) is 38.0 Å². The van der Waals surface area contributed by atoms with Crippen molar-refractivity contribution in [2.45, 2.75) is 52.0 Å². The highest BCUT2D eigenvalue weighted by Gasteiger charge is 2.21. The molecule has 0 bridgehead atoms. The van der Waals surface area contributed by atoms with Gasteiger partial charge in [-0.15, -0.1) is 0 Å². The van der Waals surface area contributed by atoms with Gasteiger partial charge in [0.05, 0.1) is 0 Å². The molecule has 3 N–H and O–H groups in total. The van der Waals surface area contributed by atoms with Crippen molar-refractivity contribution in [1.82, 2.24) is 0 Å². The molecule has 0 saturated carbocycles. The van der Waals surface area contributed by atoms with Gasteiger partial charge in [-0.3, -0.25) is 0 Å². The van der Waals surface area contributed by atoms with E-state index in [-0.39, 0.29) is 5.54 Å². The summed E-state index contributed by atoms with van der Waals surface area (Å²) in [7, 11) is 0. The molecular weight excluding hydrogens is 244 g/mol. The Morgan fingerprint density at radius 1 is 1.33 bits per heavy atom. The Labute approximate surface area is 116 Å². The molecule has 1 unspecified atom stereocenters. The lowest BCUT2D eigenvalue weighted by Crippen LogP contribution is -2.42. The fourth-order valence-corrected chi connectivity index (χ4v) is 2.18. The van der Waals surface area contributed by atoms with Crippen LogP contribution in [-0.2, 0) is 0 Å². The molecule has 0 radical (unpaired) electrons. The maximum Gasteiger partial charge on any atom is 0.0467 e. The Balaban J connectivity index is 2.68. The highest BCUT2D eigenvalue weighted by atomic mass is 35.5. The third kappa shape index (κ3) is 4.51. The van der Waals surface area contributed by atoms with Crippen LogP contribution >= 0.6 is 11.6 Å². The SMILES string of the molecule is CCCCCC(C)(CN)Nc1ccc(C)c(Cl)c1. The first kappa shape index (κ1) is 15.3. The minimum absolute atomic E-state index is 0.0479. The predicted molar refractivity (Wildman–Crippen MR) is 81.4 cm³/mol. The number of nitrogens with one attached hydrogen (secondary N) is 1. The maximum absolute atomic E-state index is 6.14. The third-order valence-corrected chi connectivity index (χ3v) is 3.81. The summed E-state index contributed by atoms with van der Waals surface area (Å²) in [6.07, 6.45) is 4.78. The summed E-state index contributed by atoms with van der Waals surface area (Å²) in [6, 6.07) is 6.08. The summed E-state index contributed by atoms with van der Waals surface area (Å²) in [5, 5.41) is 4.32. The van der Waals surface area contributed by atoms with Gasteiger partial charge in [0, 0.05) is 22.8 Å². The van der Waals surface area contributed by atoms with E-state index < -0.39 is 0 Å². The Bertz CT molecular complexity index is 379. The van der Waals surface area contributed by atoms with Crippen LogP contribution in [0.1, 0.15) is 45.1 Å². The van der Waals surface area contributed by atoms with Gasteiger partial charge in [-0.1, -0.05) is 43.9 Å². The number of rotatable bonds is 7. The lowest BCUT2D eigenvalue weighted by Gasteiger charge is -2.31. The molecule has 0 aliphatic heterocycles. The Morgan fingerprint density at radius 3 is 2.61 bits per heavy atom. The lowest BCUT2D eigenvalue weighted by atomic mass is 9.94. The fourth-order valence-electron chi connectivity index (χ4n) is 2.00. The molecular formula is C15H25ClN2. The number of hydrogen-bond donors (Lipinski definition) is 2. The fraction of sp³-hybridized carbons (Fsp3) is 0.600. The van der Waals surface area contributed by atoms with Crippen LogP contribution in [-0.4, -0.2) is 12.1 Å². The van der Waals surface area contributed by atoms with E-state index in [4.69, 9.17) is 17.3 Å². The molecule has 3 heteroatoms.